The van der Waals surface area contributed by atoms with E-state index in [-0.39, 0.29) is 29.5 Å². The molecule has 0 bridgehead atoms. The summed E-state index contributed by atoms with van der Waals surface area (Å²) in [6.07, 6.45) is 0.284. The van der Waals surface area contributed by atoms with Gasteiger partial charge in [0.25, 0.3) is 10.0 Å². The first-order valence-electron chi connectivity index (χ1n) is 12.7. The largest absolute Gasteiger partial charge is 0.497 e. The number of methoxy groups -OCH3 is 1. The average molecular weight is 556 g/mol. The van der Waals surface area contributed by atoms with Crippen LogP contribution < -0.4 is 14.4 Å². The predicted octanol–water partition coefficient (Wildman–Crippen LogP) is 4.28. The maximum atomic E-state index is 15.0. The van der Waals surface area contributed by atoms with Gasteiger partial charge in [0.2, 0.25) is 11.8 Å². The third kappa shape index (κ3) is 7.14. The molecule has 1 N–H and O–H groups in total. The fraction of sp³-hybridized carbons (Fsp3) is 0.310. The summed E-state index contributed by atoms with van der Waals surface area (Å²) in [5.74, 6) is -1.25. The number of para-hydroxylation sites is 1. The molecule has 0 saturated heterocycles. The minimum atomic E-state index is -4.34. The first kappa shape index (κ1) is 29.6. The quantitative estimate of drug-likeness (QED) is 0.360. The maximum Gasteiger partial charge on any atom is 0.264 e. The number of anilines is 1. The number of carbonyl (C=O) groups excluding carboxylic acids is 2. The molecule has 39 heavy (non-hydrogen) atoms. The van der Waals surface area contributed by atoms with Gasteiger partial charge >= 0.3 is 0 Å². The van der Waals surface area contributed by atoms with Crippen LogP contribution >= 0.6 is 0 Å². The number of hydrogen-bond acceptors (Lipinski definition) is 5. The Morgan fingerprint density at radius 3 is 2.31 bits per heavy atom. The second-order valence-electron chi connectivity index (χ2n) is 8.97. The SMILES string of the molecule is CCNC(=O)[C@H](CC)N(Cc1cccc(OC)c1)C(=O)CN(c1ccccc1F)S(=O)(=O)c1ccc(C)cc1. The molecule has 0 aliphatic heterocycles. The van der Waals surface area contributed by atoms with E-state index in [9.17, 15) is 22.4 Å². The van der Waals surface area contributed by atoms with Crippen LogP contribution in [0.1, 0.15) is 31.4 Å². The molecule has 1 atom stereocenters. The van der Waals surface area contributed by atoms with Gasteiger partial charge in [0.15, 0.2) is 0 Å². The third-order valence-electron chi connectivity index (χ3n) is 6.23. The fourth-order valence-electron chi connectivity index (χ4n) is 4.18. The summed E-state index contributed by atoms with van der Waals surface area (Å²) in [6.45, 7) is 5.02. The van der Waals surface area contributed by atoms with Gasteiger partial charge in [-0.3, -0.25) is 13.9 Å². The lowest BCUT2D eigenvalue weighted by molar-refractivity contribution is -0.140. The zero-order valence-corrected chi connectivity index (χ0v) is 23.4. The number of carbonyl (C=O) groups is 2. The van der Waals surface area contributed by atoms with E-state index in [0.29, 0.717) is 17.9 Å². The molecule has 0 unspecified atom stereocenters. The number of rotatable bonds is 12. The number of halogens is 1. The van der Waals surface area contributed by atoms with Gasteiger partial charge in [-0.05, 0) is 62.2 Å². The molecular weight excluding hydrogens is 521 g/mol. The van der Waals surface area contributed by atoms with Gasteiger partial charge in [-0.1, -0.05) is 48.9 Å². The van der Waals surface area contributed by atoms with Gasteiger partial charge < -0.3 is 15.0 Å². The van der Waals surface area contributed by atoms with Gasteiger partial charge in [-0.15, -0.1) is 0 Å². The van der Waals surface area contributed by atoms with Crippen LogP contribution in [-0.4, -0.2) is 51.4 Å². The van der Waals surface area contributed by atoms with Gasteiger partial charge in [0.1, 0.15) is 24.2 Å². The Kier molecular flexibility index (Phi) is 10.1. The van der Waals surface area contributed by atoms with Crippen molar-refractivity contribution in [3.63, 3.8) is 0 Å². The number of hydrogen-bond donors (Lipinski definition) is 1. The number of aryl methyl sites for hydroxylation is 1. The lowest BCUT2D eigenvalue weighted by atomic mass is 10.1. The van der Waals surface area contributed by atoms with Crippen molar-refractivity contribution in [2.24, 2.45) is 0 Å². The summed E-state index contributed by atoms with van der Waals surface area (Å²) in [6, 6.07) is 17.6. The first-order chi connectivity index (χ1) is 18.6. The predicted molar refractivity (Wildman–Crippen MR) is 148 cm³/mol. The summed E-state index contributed by atoms with van der Waals surface area (Å²) in [5, 5.41) is 2.75. The molecule has 3 aromatic rings. The smallest absolute Gasteiger partial charge is 0.264 e. The van der Waals surface area contributed by atoms with E-state index in [0.717, 1.165) is 15.9 Å². The van der Waals surface area contributed by atoms with Crippen molar-refractivity contribution in [3.05, 3.63) is 89.7 Å². The monoisotopic (exact) mass is 555 g/mol. The number of nitrogens with one attached hydrogen (secondary N) is 1. The Labute approximate surface area is 229 Å². The lowest BCUT2D eigenvalue weighted by Gasteiger charge is -2.33. The molecule has 3 rings (SSSR count). The molecular formula is C29H34FN3O5S. The highest BCUT2D eigenvalue weighted by atomic mass is 32.2. The van der Waals surface area contributed by atoms with Crippen LogP contribution in [0.5, 0.6) is 5.75 Å². The average Bonchev–Trinajstić information content (AvgIpc) is 2.92. The minimum Gasteiger partial charge on any atom is -0.497 e. The van der Waals surface area contributed by atoms with E-state index in [4.69, 9.17) is 4.74 Å². The van der Waals surface area contributed by atoms with Gasteiger partial charge in [-0.2, -0.15) is 0 Å². The highest BCUT2D eigenvalue weighted by molar-refractivity contribution is 7.92. The second-order valence-corrected chi connectivity index (χ2v) is 10.8. The molecule has 0 fully saturated rings. The number of amides is 2. The first-order valence-corrected chi connectivity index (χ1v) is 14.1. The standard InChI is InChI=1S/C29H34FN3O5S/c1-5-26(29(35)31-6-2)32(19-22-10-9-11-23(18-22)38-4)28(34)20-33(27-13-8-7-12-25(27)30)39(36,37)24-16-14-21(3)15-17-24/h7-18,26H,5-6,19-20H2,1-4H3,(H,31,35)/t26-/m0/s1. The van der Waals surface area contributed by atoms with E-state index >= 15 is 0 Å². The lowest BCUT2D eigenvalue weighted by Crippen LogP contribution is -2.52. The fourth-order valence-corrected chi connectivity index (χ4v) is 5.61. The molecule has 0 heterocycles. The molecule has 0 radical (unpaired) electrons. The molecule has 208 valence electrons. The minimum absolute atomic E-state index is 0.0152. The highest BCUT2D eigenvalue weighted by Gasteiger charge is 2.34. The zero-order valence-electron chi connectivity index (χ0n) is 22.6. The van der Waals surface area contributed by atoms with E-state index in [1.807, 2.05) is 6.92 Å². The van der Waals surface area contributed by atoms with Crippen LogP contribution in [-0.2, 0) is 26.2 Å². The Bertz CT molecular complexity index is 1400. The Hall–Kier alpha value is -3.92. The van der Waals surface area contributed by atoms with Crippen molar-refractivity contribution in [1.82, 2.24) is 10.2 Å². The van der Waals surface area contributed by atoms with Crippen molar-refractivity contribution in [3.8, 4) is 5.75 Å². The Morgan fingerprint density at radius 1 is 1.00 bits per heavy atom. The van der Waals surface area contributed by atoms with E-state index in [2.05, 4.69) is 5.32 Å². The Balaban J connectivity index is 2.08. The topological polar surface area (TPSA) is 96.0 Å². The molecule has 0 aliphatic rings. The van der Waals surface area contributed by atoms with Crippen LogP contribution in [0.2, 0.25) is 0 Å². The molecule has 10 heteroatoms. The second kappa shape index (κ2) is 13.2. The molecule has 3 aromatic carbocycles. The highest BCUT2D eigenvalue weighted by Crippen LogP contribution is 2.27. The molecule has 0 saturated carbocycles. The Morgan fingerprint density at radius 2 is 1.69 bits per heavy atom. The van der Waals surface area contributed by atoms with Crippen molar-refractivity contribution in [2.75, 3.05) is 24.5 Å². The molecule has 0 aliphatic carbocycles. The van der Waals surface area contributed by atoms with E-state index in [1.54, 1.807) is 50.2 Å². The summed E-state index contributed by atoms with van der Waals surface area (Å²) < 4.78 is 48.6. The van der Waals surface area contributed by atoms with Crippen LogP contribution in [0, 0.1) is 12.7 Å². The molecule has 0 aromatic heterocycles. The number of nitrogens with zero attached hydrogens (tertiary/aromatic N) is 2. The number of sulfonamides is 1. The van der Waals surface area contributed by atoms with Crippen LogP contribution in [0.15, 0.2) is 77.7 Å². The normalized spacial score (nSPS) is 11.9. The number of likely N-dealkylation sites (N-methyl/N-ethyl adjacent to an activating group) is 1. The van der Waals surface area contributed by atoms with Crippen molar-refractivity contribution in [1.29, 1.82) is 0 Å². The van der Waals surface area contributed by atoms with Crippen molar-refractivity contribution in [2.45, 2.75) is 44.7 Å². The summed E-state index contributed by atoms with van der Waals surface area (Å²) in [7, 11) is -2.82. The molecule has 2 amide bonds. The third-order valence-corrected chi connectivity index (χ3v) is 8.01. The summed E-state index contributed by atoms with van der Waals surface area (Å²) in [4.78, 5) is 28.1. The van der Waals surface area contributed by atoms with Gasteiger partial charge in [-0.25, -0.2) is 12.8 Å². The number of ether oxygens (including phenoxy) is 1. The molecule has 0 spiro atoms. The van der Waals surface area contributed by atoms with Gasteiger partial charge in [0.05, 0.1) is 17.7 Å². The summed E-state index contributed by atoms with van der Waals surface area (Å²) in [5.41, 5.74) is 1.27. The molecule has 8 nitrogen and oxygen atoms in total. The maximum absolute atomic E-state index is 15.0. The van der Waals surface area contributed by atoms with Gasteiger partial charge in [0, 0.05) is 13.1 Å². The van der Waals surface area contributed by atoms with E-state index in [1.165, 1.54) is 42.3 Å². The van der Waals surface area contributed by atoms with E-state index < -0.39 is 34.3 Å². The van der Waals surface area contributed by atoms with Crippen molar-refractivity contribution >= 4 is 27.5 Å². The van der Waals surface area contributed by atoms with Crippen LogP contribution in [0.25, 0.3) is 0 Å². The summed E-state index contributed by atoms with van der Waals surface area (Å²) >= 11 is 0. The van der Waals surface area contributed by atoms with Crippen LogP contribution in [0.4, 0.5) is 10.1 Å². The zero-order chi connectivity index (χ0) is 28.6. The number of benzene rings is 3. The van der Waals surface area contributed by atoms with Crippen molar-refractivity contribution < 1.29 is 27.1 Å². The van der Waals surface area contributed by atoms with Crippen LogP contribution in [0.3, 0.4) is 0 Å².